The Bertz CT molecular complexity index is 563. The molecule has 3 heterocycles. The number of carbonyl (C=O) groups is 1. The van der Waals surface area contributed by atoms with Crippen molar-refractivity contribution in [3.8, 4) is 0 Å². The molecule has 2 aromatic rings. The van der Waals surface area contributed by atoms with Crippen molar-refractivity contribution in [3.63, 3.8) is 0 Å². The Labute approximate surface area is 115 Å². The molecule has 1 N–H and O–H groups in total. The van der Waals surface area contributed by atoms with Gasteiger partial charge in [0.05, 0.1) is 6.20 Å². The molecule has 0 aliphatic carbocycles. The molecule has 1 aliphatic heterocycles. The number of amides is 1. The standard InChI is InChI=1S/C13H14N4OS/c18-12(10-5-1-2-6-14-10)16-13-15-9-11(19-13)17-7-3-4-8-17/h1-2,5-6,9H,3-4,7-8H2,(H,15,16,18). The van der Waals surface area contributed by atoms with Crippen LogP contribution in [0.2, 0.25) is 0 Å². The zero-order chi connectivity index (χ0) is 13.1. The molecule has 1 aliphatic rings. The molecule has 2 aromatic heterocycles. The average Bonchev–Trinajstić information content (AvgIpc) is 3.10. The average molecular weight is 274 g/mol. The summed E-state index contributed by atoms with van der Waals surface area (Å²) in [6.45, 7) is 2.16. The molecule has 98 valence electrons. The largest absolute Gasteiger partial charge is 0.362 e. The molecule has 0 saturated carbocycles. The van der Waals surface area contributed by atoms with Gasteiger partial charge in [-0.15, -0.1) is 0 Å². The maximum absolute atomic E-state index is 11.9. The third-order valence-corrected chi connectivity index (χ3v) is 4.00. The number of rotatable bonds is 3. The van der Waals surface area contributed by atoms with E-state index in [9.17, 15) is 4.79 Å². The molecule has 1 saturated heterocycles. The molecule has 0 atom stereocenters. The van der Waals surface area contributed by atoms with Crippen LogP contribution in [0.3, 0.4) is 0 Å². The second-order valence-corrected chi connectivity index (χ2v) is 5.38. The molecule has 0 bridgehead atoms. The first-order chi connectivity index (χ1) is 9.33. The van der Waals surface area contributed by atoms with Crippen molar-refractivity contribution < 1.29 is 4.79 Å². The Morgan fingerprint density at radius 3 is 2.84 bits per heavy atom. The number of aromatic nitrogens is 2. The van der Waals surface area contributed by atoms with Crippen molar-refractivity contribution in [1.29, 1.82) is 0 Å². The number of anilines is 2. The fourth-order valence-electron chi connectivity index (χ4n) is 2.07. The van der Waals surface area contributed by atoms with E-state index in [2.05, 4.69) is 20.2 Å². The molecule has 1 amide bonds. The molecule has 6 heteroatoms. The molecule has 19 heavy (non-hydrogen) atoms. The summed E-state index contributed by atoms with van der Waals surface area (Å²) in [5, 5.41) is 4.52. The predicted molar refractivity (Wildman–Crippen MR) is 75.8 cm³/mol. The number of nitrogens with zero attached hydrogens (tertiary/aromatic N) is 3. The highest BCUT2D eigenvalue weighted by Gasteiger charge is 2.16. The van der Waals surface area contributed by atoms with Crippen LogP contribution in [0.4, 0.5) is 10.1 Å². The highest BCUT2D eigenvalue weighted by Crippen LogP contribution is 2.29. The van der Waals surface area contributed by atoms with E-state index in [1.165, 1.54) is 24.2 Å². The lowest BCUT2D eigenvalue weighted by Gasteiger charge is -2.12. The number of hydrogen-bond donors (Lipinski definition) is 1. The van der Waals surface area contributed by atoms with Crippen LogP contribution in [0.1, 0.15) is 23.3 Å². The van der Waals surface area contributed by atoms with E-state index in [0.717, 1.165) is 18.1 Å². The van der Waals surface area contributed by atoms with E-state index in [-0.39, 0.29) is 5.91 Å². The number of nitrogens with one attached hydrogen (secondary N) is 1. The Kier molecular flexibility index (Phi) is 3.41. The van der Waals surface area contributed by atoms with Gasteiger partial charge in [0.1, 0.15) is 10.7 Å². The molecule has 1 fully saturated rings. The SMILES string of the molecule is O=C(Nc1ncc(N2CCCC2)s1)c1ccccn1. The van der Waals surface area contributed by atoms with Crippen LogP contribution < -0.4 is 10.2 Å². The number of pyridine rings is 1. The van der Waals surface area contributed by atoms with Crippen molar-refractivity contribution in [2.75, 3.05) is 23.3 Å². The maximum Gasteiger partial charge on any atom is 0.276 e. The summed E-state index contributed by atoms with van der Waals surface area (Å²) in [4.78, 5) is 22.5. The highest BCUT2D eigenvalue weighted by atomic mass is 32.1. The first kappa shape index (κ1) is 12.1. The van der Waals surface area contributed by atoms with Gasteiger partial charge in [0.15, 0.2) is 5.13 Å². The van der Waals surface area contributed by atoms with E-state index in [0.29, 0.717) is 10.8 Å². The number of thiazole rings is 1. The second-order valence-electron chi connectivity index (χ2n) is 4.37. The molecular weight excluding hydrogens is 260 g/mol. The molecular formula is C13H14N4OS. The summed E-state index contributed by atoms with van der Waals surface area (Å²) in [5.41, 5.74) is 0.403. The van der Waals surface area contributed by atoms with Crippen LogP contribution in [-0.4, -0.2) is 29.0 Å². The van der Waals surface area contributed by atoms with Crippen LogP contribution in [-0.2, 0) is 0 Å². The van der Waals surface area contributed by atoms with Crippen molar-refractivity contribution in [2.24, 2.45) is 0 Å². The molecule has 0 aromatic carbocycles. The Morgan fingerprint density at radius 2 is 2.11 bits per heavy atom. The van der Waals surface area contributed by atoms with Gasteiger partial charge in [-0.1, -0.05) is 17.4 Å². The van der Waals surface area contributed by atoms with E-state index < -0.39 is 0 Å². The zero-order valence-electron chi connectivity index (χ0n) is 10.4. The maximum atomic E-state index is 11.9. The van der Waals surface area contributed by atoms with Gasteiger partial charge in [-0.25, -0.2) is 4.98 Å². The lowest BCUT2D eigenvalue weighted by molar-refractivity contribution is 0.102. The Balaban J connectivity index is 1.68. The van der Waals surface area contributed by atoms with E-state index in [1.807, 2.05) is 6.20 Å². The number of carbonyl (C=O) groups excluding carboxylic acids is 1. The molecule has 0 unspecified atom stereocenters. The summed E-state index contributed by atoms with van der Waals surface area (Å²) >= 11 is 1.51. The van der Waals surface area contributed by atoms with Gasteiger partial charge in [-0.2, -0.15) is 0 Å². The first-order valence-electron chi connectivity index (χ1n) is 6.26. The van der Waals surface area contributed by atoms with Gasteiger partial charge in [0.25, 0.3) is 5.91 Å². The van der Waals surface area contributed by atoms with E-state index >= 15 is 0 Å². The predicted octanol–water partition coefficient (Wildman–Crippen LogP) is 2.39. The van der Waals surface area contributed by atoms with Gasteiger partial charge in [-0.05, 0) is 25.0 Å². The van der Waals surface area contributed by atoms with Gasteiger partial charge in [0.2, 0.25) is 0 Å². The summed E-state index contributed by atoms with van der Waals surface area (Å²) in [6.07, 6.45) is 5.89. The second kappa shape index (κ2) is 5.36. The summed E-state index contributed by atoms with van der Waals surface area (Å²) in [6, 6.07) is 5.26. The Morgan fingerprint density at radius 1 is 1.26 bits per heavy atom. The van der Waals surface area contributed by atoms with Crippen LogP contribution >= 0.6 is 11.3 Å². The van der Waals surface area contributed by atoms with Crippen molar-refractivity contribution in [1.82, 2.24) is 9.97 Å². The first-order valence-corrected chi connectivity index (χ1v) is 7.08. The van der Waals surface area contributed by atoms with E-state index in [1.54, 1.807) is 24.4 Å². The zero-order valence-corrected chi connectivity index (χ0v) is 11.2. The molecule has 3 rings (SSSR count). The van der Waals surface area contributed by atoms with Gasteiger partial charge in [0, 0.05) is 19.3 Å². The Hall–Kier alpha value is -1.95. The van der Waals surface area contributed by atoms with Crippen LogP contribution in [0.5, 0.6) is 0 Å². The van der Waals surface area contributed by atoms with Gasteiger partial charge >= 0.3 is 0 Å². The quantitative estimate of drug-likeness (QED) is 0.933. The minimum absolute atomic E-state index is 0.220. The normalized spacial score (nSPS) is 14.6. The van der Waals surface area contributed by atoms with Gasteiger partial charge < -0.3 is 4.90 Å². The lowest BCUT2D eigenvalue weighted by Crippen LogP contribution is -2.15. The summed E-state index contributed by atoms with van der Waals surface area (Å²) in [7, 11) is 0. The molecule has 5 nitrogen and oxygen atoms in total. The topological polar surface area (TPSA) is 58.1 Å². The fourth-order valence-corrected chi connectivity index (χ4v) is 2.93. The monoisotopic (exact) mass is 274 g/mol. The fraction of sp³-hybridized carbons (Fsp3) is 0.308. The minimum Gasteiger partial charge on any atom is -0.362 e. The summed E-state index contributed by atoms with van der Waals surface area (Å²) < 4.78 is 0. The van der Waals surface area contributed by atoms with Crippen LogP contribution in [0.15, 0.2) is 30.6 Å². The molecule has 0 spiro atoms. The van der Waals surface area contributed by atoms with Crippen molar-refractivity contribution in [2.45, 2.75) is 12.8 Å². The third kappa shape index (κ3) is 2.73. The number of hydrogen-bond acceptors (Lipinski definition) is 5. The van der Waals surface area contributed by atoms with Gasteiger partial charge in [-0.3, -0.25) is 15.1 Å². The lowest BCUT2D eigenvalue weighted by atomic mass is 10.3. The highest BCUT2D eigenvalue weighted by molar-refractivity contribution is 7.19. The summed E-state index contributed by atoms with van der Waals surface area (Å²) in [5.74, 6) is -0.220. The molecule has 0 radical (unpaired) electrons. The van der Waals surface area contributed by atoms with Crippen molar-refractivity contribution >= 4 is 27.4 Å². The van der Waals surface area contributed by atoms with Crippen LogP contribution in [0.25, 0.3) is 0 Å². The van der Waals surface area contributed by atoms with Crippen molar-refractivity contribution in [3.05, 3.63) is 36.3 Å². The third-order valence-electron chi connectivity index (χ3n) is 3.03. The minimum atomic E-state index is -0.220. The van der Waals surface area contributed by atoms with E-state index in [4.69, 9.17) is 0 Å². The smallest absolute Gasteiger partial charge is 0.276 e. The van der Waals surface area contributed by atoms with Crippen LogP contribution in [0, 0.1) is 0 Å².